The molecular formula is C57H38N2. The van der Waals surface area contributed by atoms with E-state index in [0.29, 0.717) is 0 Å². The van der Waals surface area contributed by atoms with E-state index in [0.717, 1.165) is 34.1 Å². The number of anilines is 6. The Hall–Kier alpha value is -7.68. The lowest BCUT2D eigenvalue weighted by atomic mass is 9.70. The van der Waals surface area contributed by atoms with Crippen LogP contribution in [0.15, 0.2) is 231 Å². The summed E-state index contributed by atoms with van der Waals surface area (Å²) in [6.07, 6.45) is 0. The monoisotopic (exact) mass is 750 g/mol. The number of hydrogen-bond acceptors (Lipinski definition) is 2. The van der Waals surface area contributed by atoms with Crippen LogP contribution in [0.25, 0.3) is 43.8 Å². The third-order valence-electron chi connectivity index (χ3n) is 12.6. The van der Waals surface area contributed by atoms with Crippen molar-refractivity contribution in [3.8, 4) is 22.3 Å². The highest BCUT2D eigenvalue weighted by Crippen LogP contribution is 2.65. The van der Waals surface area contributed by atoms with Crippen molar-refractivity contribution in [3.63, 3.8) is 0 Å². The Morgan fingerprint density at radius 3 is 1.46 bits per heavy atom. The Balaban J connectivity index is 1.16. The van der Waals surface area contributed by atoms with Gasteiger partial charge in [0.25, 0.3) is 0 Å². The van der Waals surface area contributed by atoms with Crippen LogP contribution >= 0.6 is 0 Å². The Labute approximate surface area is 344 Å². The third-order valence-corrected chi connectivity index (χ3v) is 12.6. The number of hydrogen-bond donors (Lipinski definition) is 0. The van der Waals surface area contributed by atoms with Crippen molar-refractivity contribution in [3.05, 3.63) is 253 Å². The molecule has 0 heterocycles. The first-order valence-corrected chi connectivity index (χ1v) is 20.4. The van der Waals surface area contributed by atoms with Gasteiger partial charge in [-0.15, -0.1) is 0 Å². The first-order valence-electron chi connectivity index (χ1n) is 20.4. The SMILES string of the molecule is c1ccc(N(c2ccccc2)c2ccc3c(c2)-c2ccccc2C32c3ccccc3-c3c2cc(N(c2ccccc2)c2ccc4ccccc4c2)c2ccccc32)cc1. The molecule has 2 aliphatic rings. The van der Waals surface area contributed by atoms with E-state index in [-0.39, 0.29) is 0 Å². The minimum absolute atomic E-state index is 0.536. The van der Waals surface area contributed by atoms with Crippen molar-refractivity contribution in [2.75, 3.05) is 9.80 Å². The van der Waals surface area contributed by atoms with Gasteiger partial charge in [0.15, 0.2) is 0 Å². The maximum absolute atomic E-state index is 2.53. The van der Waals surface area contributed by atoms with E-state index >= 15 is 0 Å². The molecule has 0 amide bonds. The summed E-state index contributed by atoms with van der Waals surface area (Å²) < 4.78 is 0. The van der Waals surface area contributed by atoms with E-state index in [1.165, 1.54) is 66.1 Å². The molecule has 0 saturated heterocycles. The van der Waals surface area contributed by atoms with Gasteiger partial charge in [0.05, 0.1) is 11.1 Å². The van der Waals surface area contributed by atoms with Crippen molar-refractivity contribution in [1.82, 2.24) is 0 Å². The van der Waals surface area contributed by atoms with Crippen LogP contribution in [0.5, 0.6) is 0 Å². The Bertz CT molecular complexity index is 3190. The first-order chi connectivity index (χ1) is 29.3. The van der Waals surface area contributed by atoms with Crippen LogP contribution in [0, 0.1) is 0 Å². The number of benzene rings is 10. The average molecular weight is 751 g/mol. The molecule has 2 aliphatic carbocycles. The fourth-order valence-corrected chi connectivity index (χ4v) is 10.2. The minimum atomic E-state index is -0.536. The molecule has 1 spiro atoms. The second kappa shape index (κ2) is 13.2. The van der Waals surface area contributed by atoms with Crippen LogP contribution < -0.4 is 9.80 Å². The van der Waals surface area contributed by atoms with E-state index in [1.807, 2.05) is 0 Å². The lowest BCUT2D eigenvalue weighted by molar-refractivity contribution is 0.794. The Morgan fingerprint density at radius 1 is 0.271 bits per heavy atom. The van der Waals surface area contributed by atoms with Crippen LogP contribution in [0.3, 0.4) is 0 Å². The maximum atomic E-state index is 2.53. The van der Waals surface area contributed by atoms with Gasteiger partial charge in [-0.1, -0.05) is 164 Å². The molecule has 2 heteroatoms. The van der Waals surface area contributed by atoms with Gasteiger partial charge in [0, 0.05) is 33.8 Å². The molecule has 0 aliphatic heterocycles. The Kier molecular flexibility index (Phi) is 7.48. The van der Waals surface area contributed by atoms with E-state index in [1.54, 1.807) is 0 Å². The predicted molar refractivity (Wildman–Crippen MR) is 247 cm³/mol. The van der Waals surface area contributed by atoms with Gasteiger partial charge in [-0.05, 0) is 127 Å². The maximum Gasteiger partial charge on any atom is 0.0726 e. The zero-order valence-electron chi connectivity index (χ0n) is 32.3. The van der Waals surface area contributed by atoms with Gasteiger partial charge >= 0.3 is 0 Å². The molecule has 10 aromatic carbocycles. The molecule has 0 fully saturated rings. The quantitative estimate of drug-likeness (QED) is 0.167. The summed E-state index contributed by atoms with van der Waals surface area (Å²) in [5.41, 5.74) is 16.7. The fourth-order valence-electron chi connectivity index (χ4n) is 10.2. The topological polar surface area (TPSA) is 6.48 Å². The lowest BCUT2D eigenvalue weighted by Gasteiger charge is -2.33. The van der Waals surface area contributed by atoms with E-state index in [9.17, 15) is 0 Å². The van der Waals surface area contributed by atoms with Crippen molar-refractivity contribution >= 4 is 55.7 Å². The largest absolute Gasteiger partial charge is 0.310 e. The molecule has 0 saturated carbocycles. The van der Waals surface area contributed by atoms with Crippen LogP contribution in [-0.4, -0.2) is 0 Å². The summed E-state index contributed by atoms with van der Waals surface area (Å²) in [4.78, 5) is 4.84. The van der Waals surface area contributed by atoms with Gasteiger partial charge in [0.1, 0.15) is 0 Å². The van der Waals surface area contributed by atoms with Crippen LogP contribution in [-0.2, 0) is 5.41 Å². The average Bonchev–Trinajstić information content (AvgIpc) is 3.77. The normalized spacial score (nSPS) is 14.5. The Morgan fingerprint density at radius 2 is 0.763 bits per heavy atom. The standard InChI is InChI=1S/C57H38N2/c1-4-20-41(21-5-1)58(42-22-6-2-7-23-42)45-34-35-53-50(37-45)46-26-14-16-30-51(46)57(53)52-31-17-15-29-49(52)56-48-28-13-12-27-47(48)55(38-54(56)57)59(43-24-8-3-9-25-43)44-33-32-39-18-10-11-19-40(39)36-44/h1-38H. The number of para-hydroxylation sites is 3. The predicted octanol–water partition coefficient (Wildman–Crippen LogP) is 15.3. The van der Waals surface area contributed by atoms with Crippen molar-refractivity contribution in [2.24, 2.45) is 0 Å². The highest BCUT2D eigenvalue weighted by Gasteiger charge is 2.52. The summed E-state index contributed by atoms with van der Waals surface area (Å²) in [7, 11) is 0. The molecule has 2 nitrogen and oxygen atoms in total. The summed E-state index contributed by atoms with van der Waals surface area (Å²) >= 11 is 0. The fraction of sp³-hybridized carbons (Fsp3) is 0.0175. The molecule has 1 atom stereocenters. The van der Waals surface area contributed by atoms with Gasteiger partial charge in [-0.25, -0.2) is 0 Å². The molecule has 0 radical (unpaired) electrons. The lowest BCUT2D eigenvalue weighted by Crippen LogP contribution is -2.26. The molecule has 0 bridgehead atoms. The van der Waals surface area contributed by atoms with E-state index < -0.39 is 5.41 Å². The molecule has 12 rings (SSSR count). The second-order valence-corrected chi connectivity index (χ2v) is 15.6. The first kappa shape index (κ1) is 33.5. The van der Waals surface area contributed by atoms with Crippen LogP contribution in [0.4, 0.5) is 34.1 Å². The van der Waals surface area contributed by atoms with Gasteiger partial charge in [-0.3, -0.25) is 0 Å². The molecule has 1 unspecified atom stereocenters. The van der Waals surface area contributed by atoms with Gasteiger partial charge in [0.2, 0.25) is 0 Å². The van der Waals surface area contributed by atoms with E-state index in [4.69, 9.17) is 0 Å². The number of fused-ring (bicyclic) bond motifs is 13. The molecule has 59 heavy (non-hydrogen) atoms. The zero-order chi connectivity index (χ0) is 38.9. The number of rotatable bonds is 6. The van der Waals surface area contributed by atoms with Gasteiger partial charge in [-0.2, -0.15) is 0 Å². The van der Waals surface area contributed by atoms with Crippen LogP contribution in [0.1, 0.15) is 22.3 Å². The highest BCUT2D eigenvalue weighted by molar-refractivity contribution is 6.12. The summed E-state index contributed by atoms with van der Waals surface area (Å²) in [5.74, 6) is 0. The summed E-state index contributed by atoms with van der Waals surface area (Å²) in [5, 5.41) is 4.93. The highest BCUT2D eigenvalue weighted by atomic mass is 15.1. The third kappa shape index (κ3) is 4.93. The summed E-state index contributed by atoms with van der Waals surface area (Å²) in [6, 6.07) is 84.8. The van der Waals surface area contributed by atoms with Crippen molar-refractivity contribution in [2.45, 2.75) is 5.41 Å². The summed E-state index contributed by atoms with van der Waals surface area (Å²) in [6.45, 7) is 0. The van der Waals surface area contributed by atoms with Crippen LogP contribution in [0.2, 0.25) is 0 Å². The molecule has 10 aromatic rings. The van der Waals surface area contributed by atoms with Crippen molar-refractivity contribution < 1.29 is 0 Å². The minimum Gasteiger partial charge on any atom is -0.310 e. The van der Waals surface area contributed by atoms with Crippen molar-refractivity contribution in [1.29, 1.82) is 0 Å². The van der Waals surface area contributed by atoms with E-state index in [2.05, 4.69) is 240 Å². The smallest absolute Gasteiger partial charge is 0.0726 e. The number of nitrogens with zero attached hydrogens (tertiary/aromatic N) is 2. The molecular weight excluding hydrogens is 713 g/mol. The molecule has 276 valence electrons. The zero-order valence-corrected chi connectivity index (χ0v) is 32.3. The molecule has 0 aromatic heterocycles. The molecule has 0 N–H and O–H groups in total. The van der Waals surface area contributed by atoms with Gasteiger partial charge < -0.3 is 9.80 Å². The second-order valence-electron chi connectivity index (χ2n) is 15.6.